The first-order valence-electron chi connectivity index (χ1n) is 5.64. The van der Waals surface area contributed by atoms with Gasteiger partial charge in [-0.25, -0.2) is 9.79 Å². The van der Waals surface area contributed by atoms with Gasteiger partial charge in [-0.3, -0.25) is 0 Å². The molecule has 1 aromatic carbocycles. The minimum Gasteiger partial charge on any atom is -0.508 e. The zero-order chi connectivity index (χ0) is 14.0. The normalized spacial score (nSPS) is 18.8. The number of aliphatic imine (C=N–C) groups is 1. The molecule has 0 saturated heterocycles. The minimum absolute atomic E-state index is 0.0966. The number of thioether (sulfide) groups is 1. The van der Waals surface area contributed by atoms with E-state index in [1.165, 1.54) is 17.8 Å². The van der Waals surface area contributed by atoms with Gasteiger partial charge in [-0.2, -0.15) is 0 Å². The molecule has 6 heteroatoms. The molecule has 1 unspecified atom stereocenters. The second-order valence-corrected chi connectivity index (χ2v) is 4.90. The van der Waals surface area contributed by atoms with Crippen molar-refractivity contribution in [2.45, 2.75) is 13.0 Å². The maximum Gasteiger partial charge on any atom is 0.335 e. The number of nitrogens with one attached hydrogen (secondary N) is 1. The number of carboxylic acid groups (broad SMARTS) is 1. The van der Waals surface area contributed by atoms with Crippen LogP contribution in [0.1, 0.15) is 18.5 Å². The topological polar surface area (TPSA) is 81.9 Å². The quantitative estimate of drug-likeness (QED) is 0.772. The molecule has 2 rings (SSSR count). The number of benzene rings is 1. The number of phenols is 1. The van der Waals surface area contributed by atoms with Crippen molar-refractivity contribution < 1.29 is 15.0 Å². The number of phenolic OH excluding ortho intramolecular Hbond substituents is 1. The van der Waals surface area contributed by atoms with E-state index in [2.05, 4.69) is 10.3 Å². The number of rotatable bonds is 2. The van der Waals surface area contributed by atoms with E-state index in [0.717, 1.165) is 0 Å². The summed E-state index contributed by atoms with van der Waals surface area (Å²) in [6, 6.07) is 5.91. The van der Waals surface area contributed by atoms with Gasteiger partial charge in [0, 0.05) is 5.70 Å². The Morgan fingerprint density at radius 3 is 2.79 bits per heavy atom. The van der Waals surface area contributed by atoms with Crippen LogP contribution in [0.3, 0.4) is 0 Å². The fraction of sp³-hybridized carbons (Fsp3) is 0.231. The lowest BCUT2D eigenvalue weighted by molar-refractivity contribution is -0.133. The molecule has 0 aromatic heterocycles. The fourth-order valence-electron chi connectivity index (χ4n) is 1.96. The molecule has 3 N–H and O–H groups in total. The predicted molar refractivity (Wildman–Crippen MR) is 75.3 cm³/mol. The van der Waals surface area contributed by atoms with E-state index in [4.69, 9.17) is 0 Å². The van der Waals surface area contributed by atoms with Crippen LogP contribution in [0.25, 0.3) is 0 Å². The lowest BCUT2D eigenvalue weighted by atomic mass is 9.96. The standard InChI is InChI=1S/C13H14N2O3S/c1-7-10(12(17)18)11(15-13(14-7)19-2)8-4-3-5-9(16)6-8/h3-6,11,16H,1-2H3,(H,14,15)(H,17,18). The van der Waals surface area contributed by atoms with E-state index in [1.807, 2.05) is 6.26 Å². The van der Waals surface area contributed by atoms with Crippen LogP contribution in [-0.4, -0.2) is 27.6 Å². The van der Waals surface area contributed by atoms with Gasteiger partial charge in [-0.15, -0.1) is 0 Å². The van der Waals surface area contributed by atoms with E-state index in [0.29, 0.717) is 16.4 Å². The molecule has 5 nitrogen and oxygen atoms in total. The maximum atomic E-state index is 11.4. The van der Waals surface area contributed by atoms with E-state index in [-0.39, 0.29) is 11.3 Å². The summed E-state index contributed by atoms with van der Waals surface area (Å²) in [5, 5.41) is 22.5. The molecular formula is C13H14N2O3S. The van der Waals surface area contributed by atoms with E-state index in [9.17, 15) is 15.0 Å². The zero-order valence-corrected chi connectivity index (χ0v) is 11.4. The molecule has 0 bridgehead atoms. The van der Waals surface area contributed by atoms with Crippen molar-refractivity contribution in [1.82, 2.24) is 5.32 Å². The molecule has 100 valence electrons. The number of hydrogen-bond donors (Lipinski definition) is 3. The first-order valence-corrected chi connectivity index (χ1v) is 6.87. The van der Waals surface area contributed by atoms with Gasteiger partial charge in [0.15, 0.2) is 5.17 Å². The summed E-state index contributed by atoms with van der Waals surface area (Å²) < 4.78 is 0. The number of aliphatic carboxylic acids is 1. The van der Waals surface area contributed by atoms with Crippen LogP contribution in [-0.2, 0) is 4.79 Å². The molecule has 0 spiro atoms. The van der Waals surface area contributed by atoms with Gasteiger partial charge < -0.3 is 15.5 Å². The lowest BCUT2D eigenvalue weighted by Gasteiger charge is -2.24. The molecule has 0 saturated carbocycles. The highest BCUT2D eigenvalue weighted by atomic mass is 32.2. The van der Waals surface area contributed by atoms with E-state index in [1.54, 1.807) is 25.1 Å². The number of carbonyl (C=O) groups is 1. The average molecular weight is 278 g/mol. The van der Waals surface area contributed by atoms with Crippen molar-refractivity contribution in [3.05, 3.63) is 41.1 Å². The van der Waals surface area contributed by atoms with Gasteiger partial charge in [-0.05, 0) is 30.9 Å². The molecule has 19 heavy (non-hydrogen) atoms. The molecule has 0 fully saturated rings. The highest BCUT2D eigenvalue weighted by Gasteiger charge is 2.28. The number of amidine groups is 1. The van der Waals surface area contributed by atoms with Crippen LogP contribution >= 0.6 is 11.8 Å². The van der Waals surface area contributed by atoms with E-state index >= 15 is 0 Å². The minimum atomic E-state index is -1.01. The van der Waals surface area contributed by atoms with Crippen molar-refractivity contribution >= 4 is 22.9 Å². The summed E-state index contributed by atoms with van der Waals surface area (Å²) in [4.78, 5) is 15.8. The zero-order valence-electron chi connectivity index (χ0n) is 10.5. The summed E-state index contributed by atoms with van der Waals surface area (Å²) in [6.45, 7) is 1.71. The molecule has 1 heterocycles. The Kier molecular flexibility index (Phi) is 3.80. The molecule has 1 atom stereocenters. The molecule has 0 aliphatic carbocycles. The lowest BCUT2D eigenvalue weighted by Crippen LogP contribution is -2.29. The third kappa shape index (κ3) is 2.73. The first kappa shape index (κ1) is 13.5. The summed E-state index contributed by atoms with van der Waals surface area (Å²) in [5.41, 5.74) is 1.42. The van der Waals surface area contributed by atoms with Gasteiger partial charge in [0.1, 0.15) is 11.8 Å². The highest BCUT2D eigenvalue weighted by Crippen LogP contribution is 2.33. The van der Waals surface area contributed by atoms with Crippen LogP contribution in [0.2, 0.25) is 0 Å². The van der Waals surface area contributed by atoms with Crippen molar-refractivity contribution in [3.8, 4) is 5.75 Å². The molecule has 1 aliphatic rings. The third-order valence-corrected chi connectivity index (χ3v) is 3.42. The Labute approximate surface area is 115 Å². The summed E-state index contributed by atoms with van der Waals surface area (Å²) >= 11 is 1.42. The van der Waals surface area contributed by atoms with Crippen LogP contribution in [0.4, 0.5) is 0 Å². The molecule has 1 aromatic rings. The van der Waals surface area contributed by atoms with Crippen LogP contribution in [0.5, 0.6) is 5.75 Å². The van der Waals surface area contributed by atoms with Crippen LogP contribution < -0.4 is 5.32 Å². The Bertz CT molecular complexity index is 581. The third-order valence-electron chi connectivity index (χ3n) is 2.83. The van der Waals surface area contributed by atoms with Gasteiger partial charge in [0.25, 0.3) is 0 Å². The van der Waals surface area contributed by atoms with E-state index < -0.39 is 12.0 Å². The number of allylic oxidation sites excluding steroid dienone is 1. The van der Waals surface area contributed by atoms with Crippen molar-refractivity contribution in [1.29, 1.82) is 0 Å². The summed E-state index contributed by atoms with van der Waals surface area (Å²) in [6.07, 6.45) is 1.87. The Balaban J connectivity index is 2.51. The van der Waals surface area contributed by atoms with Gasteiger partial charge in [-0.1, -0.05) is 23.9 Å². The van der Waals surface area contributed by atoms with Crippen LogP contribution in [0, 0.1) is 0 Å². The van der Waals surface area contributed by atoms with Gasteiger partial charge in [0.2, 0.25) is 0 Å². The SMILES string of the molecule is CSC1=NC(c2cccc(O)c2)C(C(=O)O)=C(C)N1. The monoisotopic (exact) mass is 278 g/mol. The van der Waals surface area contributed by atoms with Crippen molar-refractivity contribution in [2.75, 3.05) is 6.26 Å². The maximum absolute atomic E-state index is 11.4. The second-order valence-electron chi connectivity index (χ2n) is 4.10. The number of aromatic hydroxyl groups is 1. The highest BCUT2D eigenvalue weighted by molar-refractivity contribution is 8.13. The predicted octanol–water partition coefficient (Wildman–Crippen LogP) is 2.11. The second kappa shape index (κ2) is 5.36. The Hall–Kier alpha value is -1.95. The van der Waals surface area contributed by atoms with Crippen molar-refractivity contribution in [3.63, 3.8) is 0 Å². The Morgan fingerprint density at radius 1 is 1.47 bits per heavy atom. The molecule has 0 radical (unpaired) electrons. The van der Waals surface area contributed by atoms with Gasteiger partial charge in [0.05, 0.1) is 5.57 Å². The smallest absolute Gasteiger partial charge is 0.335 e. The molecular weight excluding hydrogens is 264 g/mol. The number of nitrogens with zero attached hydrogens (tertiary/aromatic N) is 1. The van der Waals surface area contributed by atoms with Crippen molar-refractivity contribution in [2.24, 2.45) is 4.99 Å². The summed E-state index contributed by atoms with van der Waals surface area (Å²) in [5.74, 6) is -0.915. The first-order chi connectivity index (χ1) is 9.02. The summed E-state index contributed by atoms with van der Waals surface area (Å²) in [7, 11) is 0. The van der Waals surface area contributed by atoms with Crippen LogP contribution in [0.15, 0.2) is 40.5 Å². The largest absolute Gasteiger partial charge is 0.508 e. The molecule has 1 aliphatic heterocycles. The average Bonchev–Trinajstić information content (AvgIpc) is 2.37. The fourth-order valence-corrected chi connectivity index (χ4v) is 2.43. The molecule has 0 amide bonds. The Morgan fingerprint density at radius 2 is 2.21 bits per heavy atom. The number of carboxylic acids is 1. The van der Waals surface area contributed by atoms with Gasteiger partial charge >= 0.3 is 5.97 Å². The number of hydrogen-bond acceptors (Lipinski definition) is 5.